The van der Waals surface area contributed by atoms with Gasteiger partial charge in [0.25, 0.3) is 5.91 Å². The van der Waals surface area contributed by atoms with Crippen molar-refractivity contribution in [1.29, 1.82) is 0 Å². The first-order valence-electron chi connectivity index (χ1n) is 4.05. The van der Waals surface area contributed by atoms with Crippen LogP contribution in [0.4, 0.5) is 0 Å². The molecule has 1 heterocycles. The second-order valence-electron chi connectivity index (χ2n) is 3.11. The van der Waals surface area contributed by atoms with E-state index in [9.17, 15) is 9.59 Å². The summed E-state index contributed by atoms with van der Waals surface area (Å²) in [5, 5.41) is 8.58. The molecular weight excluding hydrogens is 236 g/mol. The predicted molar refractivity (Wildman–Crippen MR) is 61.3 cm³/mol. The second kappa shape index (κ2) is 4.63. The Hall–Kier alpha value is -1.08. The van der Waals surface area contributed by atoms with Crippen molar-refractivity contribution in [3.63, 3.8) is 0 Å². The maximum absolute atomic E-state index is 11.6. The Bertz CT molecular complexity index is 352. The van der Waals surface area contributed by atoms with Crippen molar-refractivity contribution < 1.29 is 14.7 Å². The van der Waals surface area contributed by atoms with E-state index in [1.54, 1.807) is 25.2 Å². The van der Waals surface area contributed by atoms with Crippen LogP contribution in [-0.4, -0.2) is 51.7 Å². The van der Waals surface area contributed by atoms with Gasteiger partial charge in [0.05, 0.1) is 4.91 Å². The minimum atomic E-state index is -1.07. The lowest BCUT2D eigenvalue weighted by Gasteiger charge is -2.10. The zero-order chi connectivity index (χ0) is 11.6. The predicted octanol–water partition coefficient (Wildman–Crippen LogP) is 0.334. The van der Waals surface area contributed by atoms with Gasteiger partial charge in [-0.05, 0) is 0 Å². The molecule has 1 amide bonds. The van der Waals surface area contributed by atoms with Crippen molar-refractivity contribution in [3.05, 3.63) is 11.1 Å². The van der Waals surface area contributed by atoms with Gasteiger partial charge in [0, 0.05) is 20.3 Å². The second-order valence-corrected chi connectivity index (χ2v) is 4.79. The molecule has 0 spiro atoms. The molecule has 0 aromatic heterocycles. The number of hydrogen-bond donors (Lipinski definition) is 1. The highest BCUT2D eigenvalue weighted by Crippen LogP contribution is 2.30. The normalized spacial score (nSPS) is 18.8. The molecule has 1 saturated heterocycles. The number of hydrogen-bond acceptors (Lipinski definition) is 5. The quantitative estimate of drug-likeness (QED) is 0.572. The molecule has 82 valence electrons. The van der Waals surface area contributed by atoms with Crippen molar-refractivity contribution in [3.8, 4) is 0 Å². The summed E-state index contributed by atoms with van der Waals surface area (Å²) in [6.07, 6.45) is 1.63. The summed E-state index contributed by atoms with van der Waals surface area (Å²) >= 11 is 6.03. The number of carbonyl (C=O) groups excluding carboxylic acids is 1. The number of nitrogens with zero attached hydrogens (tertiary/aromatic N) is 2. The van der Waals surface area contributed by atoms with Crippen LogP contribution in [0.25, 0.3) is 0 Å². The minimum absolute atomic E-state index is 0.288. The van der Waals surface area contributed by atoms with Crippen LogP contribution in [0.15, 0.2) is 11.1 Å². The molecule has 5 nitrogen and oxygen atoms in total. The molecule has 0 aliphatic carbocycles. The number of carboxylic acid groups (broad SMARTS) is 1. The van der Waals surface area contributed by atoms with Gasteiger partial charge in [0.2, 0.25) is 0 Å². The molecule has 0 aromatic rings. The third-order valence-electron chi connectivity index (χ3n) is 1.54. The van der Waals surface area contributed by atoms with Crippen molar-refractivity contribution in [2.45, 2.75) is 0 Å². The molecule has 1 aliphatic rings. The van der Waals surface area contributed by atoms with Crippen LogP contribution in [0.2, 0.25) is 0 Å². The Morgan fingerprint density at radius 2 is 2.27 bits per heavy atom. The molecule has 0 saturated carbocycles. The van der Waals surface area contributed by atoms with Crippen LogP contribution < -0.4 is 0 Å². The fourth-order valence-electron chi connectivity index (χ4n) is 0.996. The molecule has 15 heavy (non-hydrogen) atoms. The van der Waals surface area contributed by atoms with Gasteiger partial charge in [0.1, 0.15) is 10.9 Å². The van der Waals surface area contributed by atoms with Crippen molar-refractivity contribution in [2.24, 2.45) is 0 Å². The maximum atomic E-state index is 11.6. The summed E-state index contributed by atoms with van der Waals surface area (Å²) < 4.78 is 0.288. The molecule has 1 N–H and O–H groups in total. The van der Waals surface area contributed by atoms with Crippen LogP contribution in [0, 0.1) is 0 Å². The largest absolute Gasteiger partial charge is 0.480 e. The third-order valence-corrected chi connectivity index (χ3v) is 2.91. The summed E-state index contributed by atoms with van der Waals surface area (Å²) in [5.74, 6) is -1.42. The van der Waals surface area contributed by atoms with E-state index in [0.29, 0.717) is 4.91 Å². The molecular formula is C8H10N2O3S2. The lowest BCUT2D eigenvalue weighted by molar-refractivity contribution is -0.140. The highest BCUT2D eigenvalue weighted by Gasteiger charge is 2.33. The van der Waals surface area contributed by atoms with E-state index in [1.807, 2.05) is 0 Å². The van der Waals surface area contributed by atoms with Crippen LogP contribution in [0.1, 0.15) is 0 Å². The Morgan fingerprint density at radius 3 is 2.73 bits per heavy atom. The van der Waals surface area contributed by atoms with Gasteiger partial charge < -0.3 is 10.0 Å². The fourth-order valence-corrected chi connectivity index (χ4v) is 2.32. The van der Waals surface area contributed by atoms with E-state index in [4.69, 9.17) is 17.3 Å². The standard InChI is InChI=1S/C8H10N2O3S2/c1-9(2)3-5-7(13)10(4-6(11)12)8(14)15-5/h3H,4H2,1-2H3,(H,11,12)/b5-3+. The highest BCUT2D eigenvalue weighted by atomic mass is 32.2. The van der Waals surface area contributed by atoms with E-state index >= 15 is 0 Å². The molecule has 0 aromatic carbocycles. The lowest BCUT2D eigenvalue weighted by atomic mass is 10.4. The first-order valence-corrected chi connectivity index (χ1v) is 5.28. The Kier molecular flexibility index (Phi) is 3.70. The molecule has 0 bridgehead atoms. The topological polar surface area (TPSA) is 60.9 Å². The zero-order valence-electron chi connectivity index (χ0n) is 8.26. The monoisotopic (exact) mass is 246 g/mol. The van der Waals surface area contributed by atoms with Crippen LogP contribution in [-0.2, 0) is 9.59 Å². The molecule has 0 unspecified atom stereocenters. The number of carboxylic acids is 1. The number of thioether (sulfide) groups is 1. The number of amides is 1. The molecule has 1 fully saturated rings. The number of carbonyl (C=O) groups is 2. The summed E-state index contributed by atoms with van der Waals surface area (Å²) in [7, 11) is 3.56. The van der Waals surface area contributed by atoms with Gasteiger partial charge in [-0.3, -0.25) is 14.5 Å². The molecule has 0 radical (unpaired) electrons. The molecule has 0 atom stereocenters. The van der Waals surface area contributed by atoms with Crippen LogP contribution >= 0.6 is 24.0 Å². The van der Waals surface area contributed by atoms with Gasteiger partial charge in [0.15, 0.2) is 0 Å². The van der Waals surface area contributed by atoms with E-state index in [1.165, 1.54) is 0 Å². The average molecular weight is 246 g/mol. The first-order chi connectivity index (χ1) is 6.91. The SMILES string of the molecule is CN(C)/C=C1/SC(=S)N(CC(=O)O)C1=O. The van der Waals surface area contributed by atoms with Gasteiger partial charge in [-0.25, -0.2) is 0 Å². The van der Waals surface area contributed by atoms with Crippen LogP contribution in [0.5, 0.6) is 0 Å². The summed E-state index contributed by atoms with van der Waals surface area (Å²) in [6, 6.07) is 0. The van der Waals surface area contributed by atoms with Gasteiger partial charge in [-0.1, -0.05) is 24.0 Å². The Morgan fingerprint density at radius 1 is 1.67 bits per heavy atom. The fraction of sp³-hybridized carbons (Fsp3) is 0.375. The Labute approximate surface area is 96.7 Å². The zero-order valence-corrected chi connectivity index (χ0v) is 9.89. The minimum Gasteiger partial charge on any atom is -0.480 e. The van der Waals surface area contributed by atoms with E-state index < -0.39 is 5.97 Å². The van der Waals surface area contributed by atoms with E-state index in [0.717, 1.165) is 16.7 Å². The summed E-state index contributed by atoms with van der Waals surface area (Å²) in [4.78, 5) is 25.4. The lowest BCUT2D eigenvalue weighted by Crippen LogP contribution is -2.33. The van der Waals surface area contributed by atoms with Crippen molar-refractivity contribution in [2.75, 3.05) is 20.6 Å². The maximum Gasteiger partial charge on any atom is 0.323 e. The van der Waals surface area contributed by atoms with Gasteiger partial charge in [-0.15, -0.1) is 0 Å². The van der Waals surface area contributed by atoms with Gasteiger partial charge >= 0.3 is 5.97 Å². The number of aliphatic carboxylic acids is 1. The molecule has 7 heteroatoms. The number of thiocarbonyl (C=S) groups is 1. The third kappa shape index (κ3) is 2.93. The van der Waals surface area contributed by atoms with E-state index in [2.05, 4.69) is 0 Å². The molecule has 1 aliphatic heterocycles. The highest BCUT2D eigenvalue weighted by molar-refractivity contribution is 8.26. The van der Waals surface area contributed by atoms with Crippen LogP contribution in [0.3, 0.4) is 0 Å². The smallest absolute Gasteiger partial charge is 0.323 e. The summed E-state index contributed by atoms with van der Waals surface area (Å²) in [5.41, 5.74) is 0. The first kappa shape index (κ1) is 12.0. The molecule has 1 rings (SSSR count). The average Bonchev–Trinajstić information content (AvgIpc) is 2.31. The summed E-state index contributed by atoms with van der Waals surface area (Å²) in [6.45, 7) is -0.380. The van der Waals surface area contributed by atoms with Crippen molar-refractivity contribution in [1.82, 2.24) is 9.80 Å². The Balaban J connectivity index is 2.84. The number of rotatable bonds is 3. The van der Waals surface area contributed by atoms with Crippen molar-refractivity contribution >= 4 is 40.2 Å². The van der Waals surface area contributed by atoms with E-state index in [-0.39, 0.29) is 16.8 Å². The van der Waals surface area contributed by atoms with Gasteiger partial charge in [-0.2, -0.15) is 0 Å².